The Morgan fingerprint density at radius 1 is 1.00 bits per heavy atom. The average molecular weight is 225 g/mol. The van der Waals surface area contributed by atoms with Crippen molar-refractivity contribution in [2.75, 3.05) is 0 Å². The second-order valence-corrected chi connectivity index (χ2v) is 3.50. The van der Waals surface area contributed by atoms with Crippen molar-refractivity contribution in [3.05, 3.63) is 72.1 Å². The lowest BCUT2D eigenvalue weighted by atomic mass is 9.98. The fraction of sp³-hybridized carbons (Fsp3) is 0. The van der Waals surface area contributed by atoms with E-state index in [0.29, 0.717) is 5.57 Å². The van der Waals surface area contributed by atoms with Crippen LogP contribution in [0.4, 0.5) is 0 Å². The maximum Gasteiger partial charge on any atom is 0.328 e. The Kier molecular flexibility index (Phi) is 3.31. The molecule has 0 unspecified atom stereocenters. The van der Waals surface area contributed by atoms with Gasteiger partial charge in [-0.2, -0.15) is 0 Å². The Bertz CT molecular complexity index is 491. The summed E-state index contributed by atoms with van der Waals surface area (Å²) in [5.74, 6) is -0.958. The molecule has 0 spiro atoms. The van der Waals surface area contributed by atoms with Gasteiger partial charge in [-0.1, -0.05) is 30.3 Å². The summed E-state index contributed by atoms with van der Waals surface area (Å²) in [6.07, 6.45) is 4.51. The lowest BCUT2D eigenvalue weighted by molar-refractivity contribution is -0.131. The van der Waals surface area contributed by atoms with Gasteiger partial charge in [0.2, 0.25) is 0 Å². The van der Waals surface area contributed by atoms with Gasteiger partial charge >= 0.3 is 5.97 Å². The first kappa shape index (κ1) is 11.1. The summed E-state index contributed by atoms with van der Waals surface area (Å²) in [4.78, 5) is 14.8. The van der Waals surface area contributed by atoms with E-state index in [2.05, 4.69) is 4.98 Å². The lowest BCUT2D eigenvalue weighted by Gasteiger charge is -2.06. The Hall–Kier alpha value is -2.42. The molecule has 0 radical (unpaired) electrons. The molecular weight excluding hydrogens is 214 g/mol. The molecule has 1 heterocycles. The Balaban J connectivity index is 2.51. The number of aliphatic carboxylic acids is 1. The van der Waals surface area contributed by atoms with Crippen LogP contribution in [-0.2, 0) is 4.79 Å². The molecule has 1 N–H and O–H groups in total. The van der Waals surface area contributed by atoms with Gasteiger partial charge in [0.15, 0.2) is 0 Å². The number of aromatic nitrogens is 1. The van der Waals surface area contributed by atoms with Crippen LogP contribution in [0.2, 0.25) is 0 Å². The van der Waals surface area contributed by atoms with E-state index in [1.807, 2.05) is 30.3 Å². The minimum atomic E-state index is -0.958. The number of carboxylic acids is 1. The summed E-state index contributed by atoms with van der Waals surface area (Å²) in [7, 11) is 0. The van der Waals surface area contributed by atoms with Crippen LogP contribution >= 0.6 is 0 Å². The van der Waals surface area contributed by atoms with Gasteiger partial charge in [-0.3, -0.25) is 4.98 Å². The largest absolute Gasteiger partial charge is 0.478 e. The summed E-state index contributed by atoms with van der Waals surface area (Å²) >= 11 is 0. The number of pyridine rings is 1. The second kappa shape index (κ2) is 5.07. The van der Waals surface area contributed by atoms with Crippen molar-refractivity contribution in [1.82, 2.24) is 4.98 Å². The highest BCUT2D eigenvalue weighted by molar-refractivity contribution is 5.95. The maximum atomic E-state index is 10.9. The molecule has 0 aliphatic carbocycles. The van der Waals surface area contributed by atoms with Gasteiger partial charge in [0, 0.05) is 18.5 Å². The topological polar surface area (TPSA) is 50.2 Å². The quantitative estimate of drug-likeness (QED) is 0.817. The summed E-state index contributed by atoms with van der Waals surface area (Å²) in [5, 5.41) is 8.91. The van der Waals surface area contributed by atoms with E-state index < -0.39 is 5.97 Å². The summed E-state index contributed by atoms with van der Waals surface area (Å²) in [6, 6.07) is 13.0. The molecule has 0 amide bonds. The zero-order chi connectivity index (χ0) is 12.1. The van der Waals surface area contributed by atoms with Gasteiger partial charge in [-0.25, -0.2) is 4.79 Å². The van der Waals surface area contributed by atoms with Gasteiger partial charge in [0.25, 0.3) is 0 Å². The first-order valence-electron chi connectivity index (χ1n) is 5.18. The lowest BCUT2D eigenvalue weighted by Crippen LogP contribution is -1.94. The third-order valence-electron chi connectivity index (χ3n) is 2.34. The molecule has 3 nitrogen and oxygen atoms in total. The van der Waals surface area contributed by atoms with E-state index >= 15 is 0 Å². The van der Waals surface area contributed by atoms with Crippen LogP contribution in [0.3, 0.4) is 0 Å². The summed E-state index contributed by atoms with van der Waals surface area (Å²) in [5.41, 5.74) is 2.40. The maximum absolute atomic E-state index is 10.9. The predicted octanol–water partition coefficient (Wildman–Crippen LogP) is 2.60. The monoisotopic (exact) mass is 225 g/mol. The molecule has 2 rings (SSSR count). The SMILES string of the molecule is O=C(O)/C=C(\c1ccccc1)c1ccncc1. The van der Waals surface area contributed by atoms with E-state index in [-0.39, 0.29) is 0 Å². The number of carbonyl (C=O) groups is 1. The number of carboxylic acid groups (broad SMARTS) is 1. The van der Waals surface area contributed by atoms with E-state index in [4.69, 9.17) is 5.11 Å². The minimum absolute atomic E-state index is 0.681. The van der Waals surface area contributed by atoms with E-state index in [9.17, 15) is 4.79 Å². The van der Waals surface area contributed by atoms with Gasteiger partial charge < -0.3 is 5.11 Å². The first-order valence-corrected chi connectivity index (χ1v) is 5.18. The van der Waals surface area contributed by atoms with E-state index in [1.54, 1.807) is 24.5 Å². The molecule has 3 heteroatoms. The molecule has 0 fully saturated rings. The molecule has 0 atom stereocenters. The molecule has 84 valence electrons. The highest BCUT2D eigenvalue weighted by Crippen LogP contribution is 2.22. The molecule has 0 aliphatic heterocycles. The van der Waals surface area contributed by atoms with Crippen LogP contribution in [0.5, 0.6) is 0 Å². The molecule has 0 saturated heterocycles. The Labute approximate surface area is 99.1 Å². The van der Waals surface area contributed by atoms with Gasteiger partial charge in [-0.05, 0) is 28.8 Å². The average Bonchev–Trinajstić information content (AvgIpc) is 2.38. The van der Waals surface area contributed by atoms with Crippen molar-refractivity contribution in [1.29, 1.82) is 0 Å². The Morgan fingerprint density at radius 3 is 2.18 bits per heavy atom. The van der Waals surface area contributed by atoms with Gasteiger partial charge in [0.1, 0.15) is 0 Å². The zero-order valence-corrected chi connectivity index (χ0v) is 9.08. The van der Waals surface area contributed by atoms with Crippen LogP contribution in [0, 0.1) is 0 Å². The van der Waals surface area contributed by atoms with Crippen LogP contribution < -0.4 is 0 Å². The summed E-state index contributed by atoms with van der Waals surface area (Å²) in [6.45, 7) is 0. The molecule has 0 aliphatic rings. The predicted molar refractivity (Wildman–Crippen MR) is 65.4 cm³/mol. The number of rotatable bonds is 3. The van der Waals surface area contributed by atoms with Crippen molar-refractivity contribution in [3.8, 4) is 0 Å². The highest BCUT2D eigenvalue weighted by Gasteiger charge is 2.06. The molecular formula is C14H11NO2. The molecule has 17 heavy (non-hydrogen) atoms. The third-order valence-corrected chi connectivity index (χ3v) is 2.34. The number of hydrogen-bond acceptors (Lipinski definition) is 2. The van der Waals surface area contributed by atoms with E-state index in [1.165, 1.54) is 6.08 Å². The number of benzene rings is 1. The highest BCUT2D eigenvalue weighted by atomic mass is 16.4. The smallest absolute Gasteiger partial charge is 0.328 e. The fourth-order valence-corrected chi connectivity index (χ4v) is 1.61. The van der Waals surface area contributed by atoms with Crippen molar-refractivity contribution in [2.45, 2.75) is 0 Å². The fourth-order valence-electron chi connectivity index (χ4n) is 1.61. The van der Waals surface area contributed by atoms with Crippen LogP contribution in [-0.4, -0.2) is 16.1 Å². The van der Waals surface area contributed by atoms with Crippen molar-refractivity contribution in [2.24, 2.45) is 0 Å². The number of hydrogen-bond donors (Lipinski definition) is 1. The Morgan fingerprint density at radius 2 is 1.59 bits per heavy atom. The van der Waals surface area contributed by atoms with Gasteiger partial charge in [-0.15, -0.1) is 0 Å². The van der Waals surface area contributed by atoms with E-state index in [0.717, 1.165) is 11.1 Å². The van der Waals surface area contributed by atoms with Gasteiger partial charge in [0.05, 0.1) is 0 Å². The molecule has 0 saturated carbocycles. The molecule has 1 aromatic heterocycles. The number of nitrogens with zero attached hydrogens (tertiary/aromatic N) is 1. The van der Waals surface area contributed by atoms with Crippen LogP contribution in [0.1, 0.15) is 11.1 Å². The molecule has 2 aromatic rings. The molecule has 1 aromatic carbocycles. The van der Waals surface area contributed by atoms with Crippen molar-refractivity contribution < 1.29 is 9.90 Å². The first-order chi connectivity index (χ1) is 8.27. The standard InChI is InChI=1S/C14H11NO2/c16-14(17)10-13(11-4-2-1-3-5-11)12-6-8-15-9-7-12/h1-10H,(H,16,17)/b13-10+. The second-order valence-electron chi connectivity index (χ2n) is 3.50. The van der Waals surface area contributed by atoms with Crippen LogP contribution in [0.25, 0.3) is 5.57 Å². The van der Waals surface area contributed by atoms with Crippen LogP contribution in [0.15, 0.2) is 60.9 Å². The minimum Gasteiger partial charge on any atom is -0.478 e. The third kappa shape index (κ3) is 2.78. The normalized spacial score (nSPS) is 11.2. The summed E-state index contributed by atoms with van der Waals surface area (Å²) < 4.78 is 0. The van der Waals surface area contributed by atoms with Crippen molar-refractivity contribution in [3.63, 3.8) is 0 Å². The van der Waals surface area contributed by atoms with Crippen molar-refractivity contribution >= 4 is 11.5 Å². The zero-order valence-electron chi connectivity index (χ0n) is 9.08. The molecule has 0 bridgehead atoms.